The molecule has 7 nitrogen and oxygen atoms in total. The van der Waals surface area contributed by atoms with Gasteiger partial charge in [0.15, 0.2) is 0 Å². The van der Waals surface area contributed by atoms with Crippen molar-refractivity contribution in [3.63, 3.8) is 0 Å². The Morgan fingerprint density at radius 1 is 1.00 bits per heavy atom. The molecule has 3 aromatic rings. The van der Waals surface area contributed by atoms with Crippen LogP contribution in [0.5, 0.6) is 11.6 Å². The number of hydrogen-bond acceptors (Lipinski definition) is 4. The lowest BCUT2D eigenvalue weighted by Crippen LogP contribution is -2.41. The molecule has 0 bridgehead atoms. The first kappa shape index (κ1) is 18.2. The molecule has 0 saturated heterocycles. The first-order valence-electron chi connectivity index (χ1n) is 7.36. The number of hydrogen-bond donors (Lipinski definition) is 3. The van der Waals surface area contributed by atoms with Gasteiger partial charge in [-0.2, -0.15) is 0 Å². The molecule has 0 radical (unpaired) electrons. The number of aromatic amines is 1. The molecule has 3 N–H and O–H groups in total. The zero-order chi connectivity index (χ0) is 18.5. The fourth-order valence-corrected chi connectivity index (χ4v) is 2.61. The molecule has 1 aromatic carbocycles. The molecule has 0 aliphatic heterocycles. The molecule has 0 saturated carbocycles. The summed E-state index contributed by atoms with van der Waals surface area (Å²) in [6.45, 7) is 0. The van der Waals surface area contributed by atoms with E-state index in [1.807, 2.05) is 12.1 Å². The van der Waals surface area contributed by atoms with E-state index in [0.717, 1.165) is 8.95 Å². The summed E-state index contributed by atoms with van der Waals surface area (Å²) in [5.74, 6) is -0.377. The Balaban J connectivity index is 1.69. The monoisotopic (exact) mass is 478 g/mol. The lowest BCUT2D eigenvalue weighted by molar-refractivity contribution is 0.0842. The molecule has 0 spiro atoms. The number of nitrogens with one attached hydrogen (secondary N) is 3. The Bertz CT molecular complexity index is 941. The predicted molar refractivity (Wildman–Crippen MR) is 102 cm³/mol. The van der Waals surface area contributed by atoms with E-state index in [4.69, 9.17) is 4.74 Å². The summed E-state index contributed by atoms with van der Waals surface area (Å²) in [6, 6.07) is 11.9. The van der Waals surface area contributed by atoms with E-state index in [-0.39, 0.29) is 11.4 Å². The molecule has 9 heteroatoms. The second-order valence-electron chi connectivity index (χ2n) is 5.05. The number of carbonyl (C=O) groups excluding carboxylic acids is 2. The SMILES string of the molecule is O=C(NNC(=O)c1cccnc1Oc1ccc(Br)cc1)c1cc(Br)c[nH]1. The first-order valence-corrected chi connectivity index (χ1v) is 8.94. The Labute approximate surface area is 165 Å². The smallest absolute Gasteiger partial charge is 0.286 e. The summed E-state index contributed by atoms with van der Waals surface area (Å²) in [7, 11) is 0. The fourth-order valence-electron chi connectivity index (χ4n) is 2.01. The highest BCUT2D eigenvalue weighted by atomic mass is 79.9. The van der Waals surface area contributed by atoms with Crippen molar-refractivity contribution in [3.8, 4) is 11.6 Å². The first-order chi connectivity index (χ1) is 12.5. The molecule has 0 fully saturated rings. The number of H-pyrrole nitrogens is 1. The van der Waals surface area contributed by atoms with Crippen LogP contribution >= 0.6 is 31.9 Å². The summed E-state index contributed by atoms with van der Waals surface area (Å²) in [4.78, 5) is 31.2. The third-order valence-corrected chi connectivity index (χ3v) is 4.21. The van der Waals surface area contributed by atoms with E-state index < -0.39 is 11.8 Å². The molecular formula is C17H12Br2N4O3. The molecule has 2 aromatic heterocycles. The average molecular weight is 480 g/mol. The van der Waals surface area contributed by atoms with Crippen molar-refractivity contribution in [3.05, 3.63) is 75.1 Å². The molecule has 0 atom stereocenters. The second kappa shape index (κ2) is 8.15. The van der Waals surface area contributed by atoms with E-state index in [9.17, 15) is 9.59 Å². The minimum Gasteiger partial charge on any atom is -0.438 e. The van der Waals surface area contributed by atoms with Gasteiger partial charge in [-0.05, 0) is 58.4 Å². The van der Waals surface area contributed by atoms with Crippen LogP contribution in [0, 0.1) is 0 Å². The maximum absolute atomic E-state index is 12.4. The van der Waals surface area contributed by atoms with Crippen LogP contribution in [0.15, 0.2) is 63.8 Å². The molecule has 0 aliphatic rings. The minimum absolute atomic E-state index is 0.129. The number of halogens is 2. The molecule has 3 rings (SSSR count). The summed E-state index contributed by atoms with van der Waals surface area (Å²) in [5, 5.41) is 0. The van der Waals surface area contributed by atoms with Crippen LogP contribution in [0.3, 0.4) is 0 Å². The highest BCUT2D eigenvalue weighted by Crippen LogP contribution is 2.24. The lowest BCUT2D eigenvalue weighted by atomic mass is 10.2. The van der Waals surface area contributed by atoms with Gasteiger partial charge in [0.05, 0.1) is 0 Å². The van der Waals surface area contributed by atoms with Gasteiger partial charge in [-0.1, -0.05) is 15.9 Å². The van der Waals surface area contributed by atoms with Gasteiger partial charge >= 0.3 is 0 Å². The summed E-state index contributed by atoms with van der Waals surface area (Å²) in [6.07, 6.45) is 3.13. The summed E-state index contributed by atoms with van der Waals surface area (Å²) >= 11 is 6.58. The van der Waals surface area contributed by atoms with Crippen LogP contribution in [0.1, 0.15) is 20.8 Å². The van der Waals surface area contributed by atoms with Gasteiger partial charge in [-0.25, -0.2) is 4.98 Å². The minimum atomic E-state index is -0.552. The summed E-state index contributed by atoms with van der Waals surface area (Å²) in [5.41, 5.74) is 5.15. The fraction of sp³-hybridized carbons (Fsp3) is 0. The second-order valence-corrected chi connectivity index (χ2v) is 6.88. The third kappa shape index (κ3) is 4.50. The van der Waals surface area contributed by atoms with E-state index in [0.29, 0.717) is 11.4 Å². The van der Waals surface area contributed by atoms with Crippen LogP contribution in [-0.4, -0.2) is 21.8 Å². The number of nitrogens with zero attached hydrogens (tertiary/aromatic N) is 1. The summed E-state index contributed by atoms with van der Waals surface area (Å²) < 4.78 is 7.30. The Hall–Kier alpha value is -2.65. The lowest BCUT2D eigenvalue weighted by Gasteiger charge is -2.11. The zero-order valence-corrected chi connectivity index (χ0v) is 16.3. The average Bonchev–Trinajstić information content (AvgIpc) is 3.08. The Kier molecular flexibility index (Phi) is 5.69. The van der Waals surface area contributed by atoms with Crippen molar-refractivity contribution in [2.24, 2.45) is 0 Å². The molecular weight excluding hydrogens is 468 g/mol. The number of carbonyl (C=O) groups is 2. The van der Waals surface area contributed by atoms with E-state index in [1.165, 1.54) is 6.20 Å². The standard InChI is InChI=1S/C17H12Br2N4O3/c18-10-3-5-12(6-4-10)26-17-13(2-1-7-20-17)15(24)22-23-16(25)14-8-11(19)9-21-14/h1-9,21H,(H,22,24)(H,23,25). The van der Waals surface area contributed by atoms with Crippen LogP contribution < -0.4 is 15.6 Å². The molecule has 132 valence electrons. The van der Waals surface area contributed by atoms with Crippen molar-refractivity contribution in [2.75, 3.05) is 0 Å². The van der Waals surface area contributed by atoms with Crippen LogP contribution in [-0.2, 0) is 0 Å². The van der Waals surface area contributed by atoms with Gasteiger partial charge in [0.25, 0.3) is 11.8 Å². The highest BCUT2D eigenvalue weighted by molar-refractivity contribution is 9.10. The van der Waals surface area contributed by atoms with Gasteiger partial charge in [-0.15, -0.1) is 0 Å². The number of aromatic nitrogens is 2. The van der Waals surface area contributed by atoms with Crippen LogP contribution in [0.25, 0.3) is 0 Å². The number of ether oxygens (including phenoxy) is 1. The molecule has 26 heavy (non-hydrogen) atoms. The Morgan fingerprint density at radius 2 is 1.73 bits per heavy atom. The van der Waals surface area contributed by atoms with Gasteiger partial charge in [-0.3, -0.25) is 20.4 Å². The van der Waals surface area contributed by atoms with Crippen molar-refractivity contribution in [2.45, 2.75) is 0 Å². The molecule has 2 heterocycles. The number of hydrazine groups is 1. The van der Waals surface area contributed by atoms with Crippen LogP contribution in [0.2, 0.25) is 0 Å². The van der Waals surface area contributed by atoms with Gasteiger partial charge in [0.2, 0.25) is 5.88 Å². The molecule has 2 amide bonds. The zero-order valence-electron chi connectivity index (χ0n) is 13.1. The number of amides is 2. The quantitative estimate of drug-likeness (QED) is 0.496. The van der Waals surface area contributed by atoms with E-state index >= 15 is 0 Å². The van der Waals surface area contributed by atoms with Gasteiger partial charge in [0.1, 0.15) is 17.0 Å². The largest absolute Gasteiger partial charge is 0.438 e. The third-order valence-electron chi connectivity index (χ3n) is 3.23. The topological polar surface area (TPSA) is 96.1 Å². The van der Waals surface area contributed by atoms with Gasteiger partial charge in [0, 0.05) is 21.3 Å². The number of pyridine rings is 1. The van der Waals surface area contributed by atoms with Gasteiger partial charge < -0.3 is 9.72 Å². The Morgan fingerprint density at radius 3 is 2.42 bits per heavy atom. The van der Waals surface area contributed by atoms with Crippen molar-refractivity contribution in [1.82, 2.24) is 20.8 Å². The van der Waals surface area contributed by atoms with Crippen molar-refractivity contribution in [1.29, 1.82) is 0 Å². The highest BCUT2D eigenvalue weighted by Gasteiger charge is 2.16. The van der Waals surface area contributed by atoms with E-state index in [2.05, 4.69) is 52.7 Å². The van der Waals surface area contributed by atoms with Crippen molar-refractivity contribution < 1.29 is 14.3 Å². The maximum Gasteiger partial charge on any atom is 0.286 e. The number of benzene rings is 1. The number of rotatable bonds is 4. The molecule has 0 unspecified atom stereocenters. The van der Waals surface area contributed by atoms with Crippen LogP contribution in [0.4, 0.5) is 0 Å². The maximum atomic E-state index is 12.4. The van der Waals surface area contributed by atoms with E-state index in [1.54, 1.807) is 36.5 Å². The molecule has 0 aliphatic carbocycles. The predicted octanol–water partition coefficient (Wildman–Crippen LogP) is 3.80. The normalized spacial score (nSPS) is 10.2. The van der Waals surface area contributed by atoms with Crippen molar-refractivity contribution >= 4 is 43.7 Å².